The van der Waals surface area contributed by atoms with Crippen molar-refractivity contribution >= 4 is 22.8 Å². The van der Waals surface area contributed by atoms with Gasteiger partial charge in [0.2, 0.25) is 5.60 Å². The first-order valence-corrected chi connectivity index (χ1v) is 12.1. The fourth-order valence-corrected chi connectivity index (χ4v) is 5.12. The lowest BCUT2D eigenvalue weighted by Gasteiger charge is -2.32. The summed E-state index contributed by atoms with van der Waals surface area (Å²) >= 11 is 0. The second kappa shape index (κ2) is 9.60. The Bertz CT molecular complexity index is 1410. The summed E-state index contributed by atoms with van der Waals surface area (Å²) in [6, 6.07) is 23.3. The van der Waals surface area contributed by atoms with Gasteiger partial charge in [-0.25, -0.2) is 4.79 Å². The van der Waals surface area contributed by atoms with Crippen LogP contribution in [-0.2, 0) is 16.9 Å². The third-order valence-electron chi connectivity index (χ3n) is 7.21. The Morgan fingerprint density at radius 2 is 1.69 bits per heavy atom. The van der Waals surface area contributed by atoms with Crippen molar-refractivity contribution in [3.05, 3.63) is 107 Å². The zero-order valence-corrected chi connectivity index (χ0v) is 19.9. The molecule has 184 valence electrons. The SMILES string of the molecule is NCc1cccc(C2CCN(C(=O)c3cc4ccc([C@](O)(C(=O)O)c5ccccc5)cc4[nH]3)CC2)c1. The molecule has 1 atom stereocenters. The minimum absolute atomic E-state index is 0.0848. The number of aromatic amines is 1. The molecule has 0 aliphatic carbocycles. The van der Waals surface area contributed by atoms with Gasteiger partial charge in [0, 0.05) is 36.1 Å². The van der Waals surface area contributed by atoms with Crippen LogP contribution in [0, 0.1) is 0 Å². The summed E-state index contributed by atoms with van der Waals surface area (Å²) in [6.45, 7) is 1.83. The Kier molecular flexibility index (Phi) is 6.35. The van der Waals surface area contributed by atoms with E-state index in [0.717, 1.165) is 23.8 Å². The monoisotopic (exact) mass is 483 g/mol. The predicted octanol–water partition coefficient (Wildman–Crippen LogP) is 3.97. The summed E-state index contributed by atoms with van der Waals surface area (Å²) in [5, 5.41) is 21.8. The van der Waals surface area contributed by atoms with Crippen molar-refractivity contribution in [3.63, 3.8) is 0 Å². The highest BCUT2D eigenvalue weighted by molar-refractivity contribution is 5.98. The molecule has 0 bridgehead atoms. The molecule has 1 fully saturated rings. The van der Waals surface area contributed by atoms with E-state index in [0.29, 0.717) is 36.8 Å². The minimum atomic E-state index is -2.20. The van der Waals surface area contributed by atoms with Gasteiger partial charge in [0.1, 0.15) is 5.69 Å². The molecule has 5 N–H and O–H groups in total. The molecular formula is C29H29N3O4. The molecule has 5 rings (SSSR count). The van der Waals surface area contributed by atoms with Crippen LogP contribution in [0.15, 0.2) is 78.9 Å². The van der Waals surface area contributed by atoms with Gasteiger partial charge in [-0.3, -0.25) is 4.79 Å². The van der Waals surface area contributed by atoms with Crippen molar-refractivity contribution < 1.29 is 19.8 Å². The molecule has 7 heteroatoms. The highest BCUT2D eigenvalue weighted by Crippen LogP contribution is 2.33. The number of benzene rings is 3. The van der Waals surface area contributed by atoms with Gasteiger partial charge in [-0.1, -0.05) is 66.7 Å². The van der Waals surface area contributed by atoms with Gasteiger partial charge in [-0.2, -0.15) is 0 Å². The molecule has 0 spiro atoms. The van der Waals surface area contributed by atoms with Crippen LogP contribution in [0.5, 0.6) is 0 Å². The van der Waals surface area contributed by atoms with E-state index in [1.165, 1.54) is 5.56 Å². The first-order chi connectivity index (χ1) is 17.4. The van der Waals surface area contributed by atoms with Crippen molar-refractivity contribution in [2.45, 2.75) is 30.9 Å². The fraction of sp³-hybridized carbons (Fsp3) is 0.241. The minimum Gasteiger partial charge on any atom is -0.479 e. The van der Waals surface area contributed by atoms with Crippen molar-refractivity contribution in [3.8, 4) is 0 Å². The number of fused-ring (bicyclic) bond motifs is 1. The van der Waals surface area contributed by atoms with E-state index >= 15 is 0 Å². The van der Waals surface area contributed by atoms with Crippen LogP contribution in [0.25, 0.3) is 10.9 Å². The number of likely N-dealkylation sites (tertiary alicyclic amines) is 1. The second-order valence-corrected chi connectivity index (χ2v) is 9.38. The van der Waals surface area contributed by atoms with Crippen LogP contribution in [0.4, 0.5) is 0 Å². The fourth-order valence-electron chi connectivity index (χ4n) is 5.12. The first kappa shape index (κ1) is 23.8. The number of nitrogens with zero attached hydrogens (tertiary/aromatic N) is 1. The summed E-state index contributed by atoms with van der Waals surface area (Å²) in [5.41, 5.74) is 7.50. The number of carbonyl (C=O) groups excluding carboxylic acids is 1. The number of carboxylic acids is 1. The van der Waals surface area contributed by atoms with Crippen molar-refractivity contribution in [2.75, 3.05) is 13.1 Å². The van der Waals surface area contributed by atoms with Gasteiger partial charge in [0.25, 0.3) is 5.91 Å². The quantitative estimate of drug-likeness (QED) is 0.331. The van der Waals surface area contributed by atoms with Crippen molar-refractivity contribution in [2.24, 2.45) is 5.73 Å². The molecule has 4 aromatic rings. The van der Waals surface area contributed by atoms with Gasteiger partial charge in [0.15, 0.2) is 0 Å². The summed E-state index contributed by atoms with van der Waals surface area (Å²) in [6.07, 6.45) is 1.76. The number of nitrogens with two attached hydrogens (primary N) is 1. The van der Waals surface area contributed by atoms with Crippen molar-refractivity contribution in [1.29, 1.82) is 0 Å². The number of rotatable bonds is 6. The summed E-state index contributed by atoms with van der Waals surface area (Å²) in [7, 11) is 0. The average molecular weight is 484 g/mol. The zero-order chi connectivity index (χ0) is 25.3. The van der Waals surface area contributed by atoms with Crippen LogP contribution in [0.2, 0.25) is 0 Å². The number of amides is 1. The van der Waals surface area contributed by atoms with Crippen LogP contribution in [0.1, 0.15) is 51.5 Å². The molecule has 0 radical (unpaired) electrons. The number of nitrogens with one attached hydrogen (secondary N) is 1. The van der Waals surface area contributed by atoms with Crippen LogP contribution in [0.3, 0.4) is 0 Å². The Balaban J connectivity index is 1.35. The smallest absolute Gasteiger partial charge is 0.345 e. The lowest BCUT2D eigenvalue weighted by molar-refractivity contribution is -0.155. The highest BCUT2D eigenvalue weighted by Gasteiger charge is 2.40. The number of carbonyl (C=O) groups is 2. The molecule has 1 aromatic heterocycles. The van der Waals surface area contributed by atoms with E-state index < -0.39 is 11.6 Å². The maximum atomic E-state index is 13.3. The number of piperidine rings is 1. The lowest BCUT2D eigenvalue weighted by atomic mass is 9.86. The zero-order valence-electron chi connectivity index (χ0n) is 19.9. The molecule has 1 saturated heterocycles. The van der Waals surface area contributed by atoms with E-state index in [4.69, 9.17) is 5.73 Å². The van der Waals surface area contributed by atoms with Gasteiger partial charge in [-0.15, -0.1) is 0 Å². The van der Waals surface area contributed by atoms with Gasteiger partial charge >= 0.3 is 5.97 Å². The van der Waals surface area contributed by atoms with Gasteiger partial charge < -0.3 is 25.8 Å². The largest absolute Gasteiger partial charge is 0.479 e. The predicted molar refractivity (Wildman–Crippen MR) is 138 cm³/mol. The first-order valence-electron chi connectivity index (χ1n) is 12.1. The maximum Gasteiger partial charge on any atom is 0.345 e. The van der Waals surface area contributed by atoms with Crippen LogP contribution < -0.4 is 5.73 Å². The molecule has 36 heavy (non-hydrogen) atoms. The lowest BCUT2D eigenvalue weighted by Crippen LogP contribution is -2.38. The third-order valence-corrected chi connectivity index (χ3v) is 7.21. The van der Waals surface area contributed by atoms with Gasteiger partial charge in [-0.05, 0) is 47.6 Å². The standard InChI is InChI=1S/C29H29N3O4/c30-18-19-5-4-6-21(15-19)20-11-13-32(14-12-20)27(33)26-16-22-9-10-24(17-25(22)31-26)29(36,28(34)35)23-7-2-1-3-8-23/h1-10,15-17,20,31,36H,11-14,18,30H2,(H,34,35)/t29-/m0/s1. The molecule has 7 nitrogen and oxygen atoms in total. The molecular weight excluding hydrogens is 454 g/mol. The highest BCUT2D eigenvalue weighted by atomic mass is 16.4. The van der Waals surface area contributed by atoms with E-state index in [1.54, 1.807) is 54.6 Å². The number of aromatic nitrogens is 1. The Morgan fingerprint density at radius 3 is 2.39 bits per heavy atom. The molecule has 1 amide bonds. The van der Waals surface area contributed by atoms with Gasteiger partial charge in [0.05, 0.1) is 0 Å². The van der Waals surface area contributed by atoms with Crippen molar-refractivity contribution in [1.82, 2.24) is 9.88 Å². The van der Waals surface area contributed by atoms with Crippen LogP contribution >= 0.6 is 0 Å². The number of aliphatic hydroxyl groups is 1. The molecule has 2 heterocycles. The Morgan fingerprint density at radius 1 is 0.944 bits per heavy atom. The molecule has 1 aliphatic heterocycles. The maximum absolute atomic E-state index is 13.3. The average Bonchev–Trinajstić information content (AvgIpc) is 3.36. The van der Waals surface area contributed by atoms with E-state index in [1.807, 2.05) is 17.0 Å². The van der Waals surface area contributed by atoms with Crippen LogP contribution in [-0.4, -0.2) is 45.1 Å². The number of carboxylic acid groups (broad SMARTS) is 1. The number of H-pyrrole nitrogens is 1. The van der Waals surface area contributed by atoms with E-state index in [2.05, 4.69) is 17.1 Å². The summed E-state index contributed by atoms with van der Waals surface area (Å²) in [5.74, 6) is -1.05. The normalized spacial score (nSPS) is 16.1. The summed E-state index contributed by atoms with van der Waals surface area (Å²) < 4.78 is 0. The molecule has 1 aliphatic rings. The summed E-state index contributed by atoms with van der Waals surface area (Å²) in [4.78, 5) is 30.4. The number of aliphatic carboxylic acids is 1. The molecule has 0 saturated carbocycles. The Hall–Kier alpha value is -3.94. The third kappa shape index (κ3) is 4.27. The number of hydrogen-bond acceptors (Lipinski definition) is 4. The molecule has 3 aromatic carbocycles. The van der Waals surface area contributed by atoms with E-state index in [9.17, 15) is 19.8 Å². The Labute approximate surface area is 209 Å². The second-order valence-electron chi connectivity index (χ2n) is 9.38. The topological polar surface area (TPSA) is 120 Å². The molecule has 0 unspecified atom stereocenters. The number of hydrogen-bond donors (Lipinski definition) is 4. The van der Waals surface area contributed by atoms with E-state index in [-0.39, 0.29) is 17.0 Å².